The van der Waals surface area contributed by atoms with Crippen molar-refractivity contribution in [2.24, 2.45) is 0 Å². The van der Waals surface area contributed by atoms with Crippen LogP contribution in [0.5, 0.6) is 0 Å². The van der Waals surface area contributed by atoms with Crippen molar-refractivity contribution < 1.29 is 22.8 Å². The average Bonchev–Trinajstić information content (AvgIpc) is 3.47. The molecule has 0 aliphatic carbocycles. The van der Waals surface area contributed by atoms with E-state index >= 15 is 0 Å². The molecule has 49 heavy (non-hydrogen) atoms. The van der Waals surface area contributed by atoms with Crippen LogP contribution in [0.25, 0.3) is 53.5 Å². The molecule has 0 aliphatic heterocycles. The summed E-state index contributed by atoms with van der Waals surface area (Å²) in [6, 6.07) is 35.5. The van der Waals surface area contributed by atoms with Crippen molar-refractivity contribution in [1.29, 1.82) is 0 Å². The van der Waals surface area contributed by atoms with E-state index in [9.17, 15) is 0 Å². The molecule has 0 N–H and O–H groups in total. The van der Waals surface area contributed by atoms with E-state index in [0.29, 0.717) is 0 Å². The minimum absolute atomic E-state index is 0. The standard InChI is InChI=1S/C29H26NS.C15H18NSi.Ir/c1-5-8-19(4)20-15-16-30-27(17-20)26-12-7-11-24-25-14-13-22-21(18(2)3)9-6-10-23(22)28(25)31-29(24)26;1-12-10-14(13-8-6-5-7-9-13)16-11-15(12)17(2,3)4;/h5-11,13-19H,1-4H3;5-8,10-11H,1-4H3;/q2*-1;/b8-5+;;/i18D,19D;;. The molecule has 7 rings (SSSR count). The van der Waals surface area contributed by atoms with Gasteiger partial charge in [0.05, 0.1) is 8.07 Å². The number of aryl methyl sites for hydroxylation is 1. The number of hydrogen-bond donors (Lipinski definition) is 0. The summed E-state index contributed by atoms with van der Waals surface area (Å²) >= 11 is 1.76. The number of benzene rings is 4. The van der Waals surface area contributed by atoms with Crippen LogP contribution in [0.2, 0.25) is 19.6 Å². The number of allylic oxidation sites excluding steroid dienone is 2. The topological polar surface area (TPSA) is 25.8 Å². The summed E-state index contributed by atoms with van der Waals surface area (Å²) in [4.78, 5) is 9.24. The molecule has 0 saturated heterocycles. The van der Waals surface area contributed by atoms with Crippen LogP contribution in [0.1, 0.15) is 58.9 Å². The molecule has 0 amide bonds. The van der Waals surface area contributed by atoms with Crippen molar-refractivity contribution in [2.45, 2.75) is 66.0 Å². The number of fused-ring (bicyclic) bond motifs is 5. The van der Waals surface area contributed by atoms with Crippen LogP contribution in [-0.2, 0) is 20.1 Å². The average molecular weight is 855 g/mol. The molecule has 3 aromatic heterocycles. The fourth-order valence-corrected chi connectivity index (χ4v) is 9.42. The first kappa shape index (κ1) is 33.7. The first-order valence-electron chi connectivity index (χ1n) is 17.5. The van der Waals surface area contributed by atoms with Crippen molar-refractivity contribution in [3.8, 4) is 22.5 Å². The molecule has 0 saturated carbocycles. The largest absolute Gasteiger partial charge is 0.305 e. The summed E-state index contributed by atoms with van der Waals surface area (Å²) in [5.41, 5.74) is 7.19. The molecule has 3 heterocycles. The van der Waals surface area contributed by atoms with Gasteiger partial charge in [0.25, 0.3) is 0 Å². The second kappa shape index (κ2) is 15.4. The molecule has 0 fully saturated rings. The van der Waals surface area contributed by atoms with E-state index in [-0.39, 0.29) is 20.1 Å². The quantitative estimate of drug-likeness (QED) is 0.0946. The Morgan fingerprint density at radius 1 is 0.796 bits per heavy atom. The monoisotopic (exact) mass is 855 g/mol. The van der Waals surface area contributed by atoms with Crippen molar-refractivity contribution in [3.63, 3.8) is 0 Å². The summed E-state index contributed by atoms with van der Waals surface area (Å²) in [5.74, 6) is -1.47. The van der Waals surface area contributed by atoms with Gasteiger partial charge in [-0.3, -0.25) is 0 Å². The van der Waals surface area contributed by atoms with Crippen molar-refractivity contribution in [2.75, 3.05) is 0 Å². The van der Waals surface area contributed by atoms with E-state index in [1.165, 1.54) is 31.6 Å². The number of thiophene rings is 1. The third kappa shape index (κ3) is 7.71. The Labute approximate surface area is 313 Å². The van der Waals surface area contributed by atoms with Gasteiger partial charge in [-0.05, 0) is 80.3 Å². The second-order valence-electron chi connectivity index (χ2n) is 13.6. The van der Waals surface area contributed by atoms with Gasteiger partial charge in [0, 0.05) is 39.9 Å². The van der Waals surface area contributed by atoms with Gasteiger partial charge < -0.3 is 9.97 Å². The maximum atomic E-state index is 8.70. The van der Waals surface area contributed by atoms with Crippen LogP contribution < -0.4 is 5.19 Å². The minimum Gasteiger partial charge on any atom is -0.305 e. The SMILES string of the molecule is Cc1cc(-c2[c-]cccc2)ncc1[Si](C)(C)C.[2H]C(C)(C)c1cccc2c1ccc1c3cc[c-]c(-c4cc(C([2H])(C)/C=C/C)ccn4)c3sc21.[Ir]. The molecule has 0 spiro atoms. The molecule has 1 atom stereocenters. The Morgan fingerprint density at radius 3 is 2.24 bits per heavy atom. The number of nitrogens with zero attached hydrogens (tertiary/aromatic N) is 2. The molecule has 7 aromatic rings. The van der Waals surface area contributed by atoms with Crippen LogP contribution in [0.3, 0.4) is 0 Å². The smallest absolute Gasteiger partial charge is 0.0798 e. The zero-order chi connectivity index (χ0) is 35.8. The fourth-order valence-electron chi connectivity index (χ4n) is 6.38. The van der Waals surface area contributed by atoms with E-state index < -0.39 is 19.9 Å². The Hall–Kier alpha value is -3.73. The second-order valence-corrected chi connectivity index (χ2v) is 19.6. The predicted octanol–water partition coefficient (Wildman–Crippen LogP) is 12.3. The molecule has 0 bridgehead atoms. The maximum absolute atomic E-state index is 8.70. The summed E-state index contributed by atoms with van der Waals surface area (Å²) in [5, 5.41) is 6.17. The molecule has 0 aliphatic rings. The molecule has 2 nitrogen and oxygen atoms in total. The molecule has 1 unspecified atom stereocenters. The van der Waals surface area contributed by atoms with Crippen LogP contribution in [0.15, 0.2) is 109 Å². The third-order valence-electron chi connectivity index (χ3n) is 8.79. The maximum Gasteiger partial charge on any atom is 0.0798 e. The molecular weight excluding hydrogens is 809 g/mol. The van der Waals surface area contributed by atoms with Gasteiger partial charge in [-0.25, -0.2) is 0 Å². The van der Waals surface area contributed by atoms with E-state index in [2.05, 4.69) is 103 Å². The Morgan fingerprint density at radius 2 is 1.55 bits per heavy atom. The van der Waals surface area contributed by atoms with Crippen LogP contribution in [-0.4, -0.2) is 18.0 Å². The Bertz CT molecular complexity index is 2350. The van der Waals surface area contributed by atoms with Gasteiger partial charge in [-0.1, -0.05) is 106 Å². The summed E-state index contributed by atoms with van der Waals surface area (Å²) in [7, 11) is -1.27. The molecule has 4 aromatic carbocycles. The normalized spacial score (nSPS) is 13.8. The molecular formula is C44H44IrN2SSi-2. The van der Waals surface area contributed by atoms with Crippen molar-refractivity contribution in [1.82, 2.24) is 9.97 Å². The number of aromatic nitrogens is 2. The Balaban J connectivity index is 0.000000237. The van der Waals surface area contributed by atoms with Gasteiger partial charge in [-0.15, -0.1) is 59.7 Å². The first-order chi connectivity index (χ1) is 23.7. The van der Waals surface area contributed by atoms with E-state index in [1.807, 2.05) is 76.2 Å². The van der Waals surface area contributed by atoms with E-state index in [1.54, 1.807) is 17.5 Å². The molecule has 1 radical (unpaired) electrons. The van der Waals surface area contributed by atoms with E-state index in [0.717, 1.165) is 43.7 Å². The predicted molar refractivity (Wildman–Crippen MR) is 212 cm³/mol. The van der Waals surface area contributed by atoms with Gasteiger partial charge in [-0.2, -0.15) is 11.3 Å². The van der Waals surface area contributed by atoms with Crippen molar-refractivity contribution in [3.05, 3.63) is 138 Å². The zero-order valence-electron chi connectivity index (χ0n) is 31.5. The van der Waals surface area contributed by atoms with Crippen molar-refractivity contribution >= 4 is 55.5 Å². The van der Waals surface area contributed by atoms with Gasteiger partial charge >= 0.3 is 0 Å². The Kier molecular flexibility index (Phi) is 10.6. The van der Waals surface area contributed by atoms with Crippen LogP contribution in [0.4, 0.5) is 0 Å². The zero-order valence-corrected chi connectivity index (χ0v) is 33.7. The third-order valence-corrected chi connectivity index (χ3v) is 12.2. The number of pyridine rings is 2. The first-order valence-corrected chi connectivity index (χ1v) is 20.8. The van der Waals surface area contributed by atoms with Crippen LogP contribution >= 0.6 is 11.3 Å². The molecule has 251 valence electrons. The minimum atomic E-state index is -1.27. The summed E-state index contributed by atoms with van der Waals surface area (Å²) in [6.07, 6.45) is 7.66. The summed E-state index contributed by atoms with van der Waals surface area (Å²) < 4.78 is 19.7. The van der Waals surface area contributed by atoms with Crippen LogP contribution in [0, 0.1) is 19.1 Å². The number of rotatable bonds is 6. The number of hydrogen-bond acceptors (Lipinski definition) is 3. The molecule has 5 heteroatoms. The van der Waals surface area contributed by atoms with Gasteiger partial charge in [0.1, 0.15) is 0 Å². The van der Waals surface area contributed by atoms with E-state index in [4.69, 9.17) is 2.74 Å². The fraction of sp³-hybridized carbons (Fsp3) is 0.227. The van der Waals surface area contributed by atoms with Gasteiger partial charge in [0.15, 0.2) is 0 Å². The summed E-state index contributed by atoms with van der Waals surface area (Å²) in [6.45, 7) is 17.0. The van der Waals surface area contributed by atoms with Gasteiger partial charge in [0.2, 0.25) is 0 Å².